The molecule has 1 aliphatic carbocycles. The summed E-state index contributed by atoms with van der Waals surface area (Å²) in [5.74, 6) is 3.42. The van der Waals surface area contributed by atoms with E-state index < -0.39 is 0 Å². The van der Waals surface area contributed by atoms with E-state index in [1.165, 1.54) is 6.42 Å². The average Bonchev–Trinajstić information content (AvgIpc) is 3.10. The number of hydrogen-bond donors (Lipinski definition) is 0. The number of hydrogen-bond acceptors (Lipinski definition) is 4. The lowest BCUT2D eigenvalue weighted by atomic mass is 10.3. The summed E-state index contributed by atoms with van der Waals surface area (Å²) in [6.07, 6.45) is 2.97. The number of rotatable bonds is 5. The first-order chi connectivity index (χ1) is 11.6. The van der Waals surface area contributed by atoms with Gasteiger partial charge < -0.3 is 4.42 Å². The molecule has 1 fully saturated rings. The van der Waals surface area contributed by atoms with Crippen LogP contribution in [0.1, 0.15) is 36.5 Å². The Hall–Kier alpha value is -2.40. The zero-order valence-electron chi connectivity index (χ0n) is 14.0. The first kappa shape index (κ1) is 15.1. The van der Waals surface area contributed by atoms with E-state index in [0.29, 0.717) is 24.7 Å². The normalized spacial score (nSPS) is 20.0. The van der Waals surface area contributed by atoms with Crippen LogP contribution >= 0.6 is 0 Å². The quantitative estimate of drug-likeness (QED) is 0.724. The fraction of sp³-hybridized carbons (Fsp3) is 0.368. The predicted octanol–water partition coefficient (Wildman–Crippen LogP) is 3.04. The molecule has 0 radical (unpaired) electrons. The number of fused-ring (bicyclic) bond motifs is 1. The van der Waals surface area contributed by atoms with Crippen LogP contribution < -0.4 is 5.56 Å². The highest BCUT2D eigenvalue weighted by Crippen LogP contribution is 2.47. The van der Waals surface area contributed by atoms with Crippen molar-refractivity contribution >= 4 is 5.65 Å². The fourth-order valence-corrected chi connectivity index (χ4v) is 3.18. The highest BCUT2D eigenvalue weighted by atomic mass is 16.3. The van der Waals surface area contributed by atoms with Crippen molar-refractivity contribution in [3.8, 4) is 0 Å². The minimum Gasteiger partial charge on any atom is -0.464 e. The van der Waals surface area contributed by atoms with Gasteiger partial charge in [0.15, 0.2) is 0 Å². The number of nitrogens with zero attached hydrogens (tertiary/aromatic N) is 3. The molecule has 3 aromatic rings. The maximum atomic E-state index is 12.1. The van der Waals surface area contributed by atoms with Crippen LogP contribution in [-0.2, 0) is 13.1 Å². The van der Waals surface area contributed by atoms with Gasteiger partial charge in [0.25, 0.3) is 5.56 Å². The molecule has 24 heavy (non-hydrogen) atoms. The molecule has 0 saturated heterocycles. The second-order valence-corrected chi connectivity index (χ2v) is 6.81. The molecule has 1 saturated carbocycles. The lowest BCUT2D eigenvalue weighted by molar-refractivity contribution is 0.280. The van der Waals surface area contributed by atoms with Crippen LogP contribution in [0.15, 0.2) is 51.8 Å². The second-order valence-electron chi connectivity index (χ2n) is 6.81. The molecule has 3 heterocycles. The maximum absolute atomic E-state index is 12.1. The van der Waals surface area contributed by atoms with Gasteiger partial charge in [-0.15, -0.1) is 0 Å². The molecule has 0 spiro atoms. The van der Waals surface area contributed by atoms with Crippen LogP contribution in [0.3, 0.4) is 0 Å². The molecule has 5 heteroatoms. The fourth-order valence-electron chi connectivity index (χ4n) is 3.18. The minimum absolute atomic E-state index is 0.0491. The van der Waals surface area contributed by atoms with E-state index in [0.717, 1.165) is 23.1 Å². The van der Waals surface area contributed by atoms with Gasteiger partial charge in [-0.05, 0) is 43.7 Å². The third kappa shape index (κ3) is 2.99. The van der Waals surface area contributed by atoms with Crippen LogP contribution in [0.25, 0.3) is 5.65 Å². The highest BCUT2D eigenvalue weighted by molar-refractivity contribution is 5.37. The molecule has 4 rings (SSSR count). The van der Waals surface area contributed by atoms with Crippen molar-refractivity contribution in [2.24, 2.45) is 5.92 Å². The summed E-state index contributed by atoms with van der Waals surface area (Å²) in [5, 5.41) is 0. The van der Waals surface area contributed by atoms with Crippen LogP contribution in [0.2, 0.25) is 0 Å². The van der Waals surface area contributed by atoms with Gasteiger partial charge >= 0.3 is 0 Å². The number of pyridine rings is 1. The Labute approximate surface area is 140 Å². The van der Waals surface area contributed by atoms with Gasteiger partial charge in [-0.1, -0.05) is 13.0 Å². The van der Waals surface area contributed by atoms with E-state index in [9.17, 15) is 4.79 Å². The molecule has 2 unspecified atom stereocenters. The monoisotopic (exact) mass is 323 g/mol. The van der Waals surface area contributed by atoms with E-state index in [4.69, 9.17) is 4.42 Å². The van der Waals surface area contributed by atoms with E-state index in [1.54, 1.807) is 16.7 Å². The molecule has 0 amide bonds. The van der Waals surface area contributed by atoms with Crippen molar-refractivity contribution in [1.82, 2.24) is 14.3 Å². The molecule has 0 aromatic carbocycles. The third-order valence-electron chi connectivity index (χ3n) is 4.64. The van der Waals surface area contributed by atoms with Gasteiger partial charge in [0.05, 0.1) is 12.2 Å². The molecule has 0 N–H and O–H groups in total. The first-order valence-corrected chi connectivity index (χ1v) is 8.34. The van der Waals surface area contributed by atoms with Crippen LogP contribution in [0, 0.1) is 5.92 Å². The lowest BCUT2D eigenvalue weighted by Gasteiger charge is -2.14. The minimum atomic E-state index is -0.0491. The summed E-state index contributed by atoms with van der Waals surface area (Å²) >= 11 is 0. The van der Waals surface area contributed by atoms with Crippen molar-refractivity contribution < 1.29 is 4.42 Å². The maximum Gasteiger partial charge on any atom is 0.258 e. The first-order valence-electron chi connectivity index (χ1n) is 8.34. The summed E-state index contributed by atoms with van der Waals surface area (Å²) < 4.78 is 7.51. The van der Waals surface area contributed by atoms with Gasteiger partial charge in [0.1, 0.15) is 17.2 Å². The van der Waals surface area contributed by atoms with Crippen molar-refractivity contribution in [3.05, 3.63) is 70.2 Å². The van der Waals surface area contributed by atoms with E-state index in [1.807, 2.05) is 25.2 Å². The summed E-state index contributed by atoms with van der Waals surface area (Å²) in [6.45, 7) is 3.57. The van der Waals surface area contributed by atoms with Crippen molar-refractivity contribution in [1.29, 1.82) is 0 Å². The Morgan fingerprint density at radius 1 is 1.29 bits per heavy atom. The largest absolute Gasteiger partial charge is 0.464 e. The average molecular weight is 323 g/mol. The van der Waals surface area contributed by atoms with Gasteiger partial charge in [-0.2, -0.15) is 0 Å². The number of aromatic nitrogens is 2. The number of furan rings is 1. The van der Waals surface area contributed by atoms with Crippen LogP contribution in [-0.4, -0.2) is 21.3 Å². The molecular weight excluding hydrogens is 302 g/mol. The molecule has 5 nitrogen and oxygen atoms in total. The van der Waals surface area contributed by atoms with Gasteiger partial charge in [0, 0.05) is 24.7 Å². The van der Waals surface area contributed by atoms with Gasteiger partial charge in [-0.3, -0.25) is 14.1 Å². The Bertz CT molecular complexity index is 928. The molecule has 3 aromatic heterocycles. The summed E-state index contributed by atoms with van der Waals surface area (Å²) in [4.78, 5) is 18.8. The van der Waals surface area contributed by atoms with E-state index in [-0.39, 0.29) is 5.56 Å². The second kappa shape index (κ2) is 5.91. The van der Waals surface area contributed by atoms with Crippen molar-refractivity contribution in [3.63, 3.8) is 0 Å². The molecule has 0 aliphatic heterocycles. The molecule has 2 atom stereocenters. The SMILES string of the molecule is CC1CC1c1ccc(CN(C)Cc2cc(=O)n3ccccc3n2)o1. The van der Waals surface area contributed by atoms with Crippen LogP contribution in [0.4, 0.5) is 0 Å². The molecular formula is C19H21N3O2. The third-order valence-corrected chi connectivity index (χ3v) is 4.64. The molecule has 0 bridgehead atoms. The van der Waals surface area contributed by atoms with Crippen molar-refractivity contribution in [2.45, 2.75) is 32.4 Å². The smallest absolute Gasteiger partial charge is 0.258 e. The lowest BCUT2D eigenvalue weighted by Crippen LogP contribution is -2.21. The van der Waals surface area contributed by atoms with Crippen LogP contribution in [0.5, 0.6) is 0 Å². The highest BCUT2D eigenvalue weighted by Gasteiger charge is 2.36. The summed E-state index contributed by atoms with van der Waals surface area (Å²) in [6, 6.07) is 11.3. The standard InChI is InChI=1S/C19H21N3O2/c1-13-9-16(13)17-7-6-15(24-17)12-21(2)11-14-10-19(23)22-8-4-3-5-18(22)20-14/h3-8,10,13,16H,9,11-12H2,1-2H3. The Morgan fingerprint density at radius 3 is 2.92 bits per heavy atom. The summed E-state index contributed by atoms with van der Waals surface area (Å²) in [5.41, 5.74) is 1.40. The predicted molar refractivity (Wildman–Crippen MR) is 91.9 cm³/mol. The Morgan fingerprint density at radius 2 is 2.12 bits per heavy atom. The molecule has 124 valence electrons. The Balaban J connectivity index is 1.47. The zero-order valence-corrected chi connectivity index (χ0v) is 14.0. The molecule has 1 aliphatic rings. The van der Waals surface area contributed by atoms with Gasteiger partial charge in [0.2, 0.25) is 0 Å². The topological polar surface area (TPSA) is 50.8 Å². The Kier molecular flexibility index (Phi) is 3.73. The zero-order chi connectivity index (χ0) is 16.7. The van der Waals surface area contributed by atoms with Crippen molar-refractivity contribution in [2.75, 3.05) is 7.05 Å². The van der Waals surface area contributed by atoms with E-state index >= 15 is 0 Å². The summed E-state index contributed by atoms with van der Waals surface area (Å²) in [7, 11) is 2.01. The van der Waals surface area contributed by atoms with Gasteiger partial charge in [-0.25, -0.2) is 4.98 Å². The van der Waals surface area contributed by atoms with E-state index in [2.05, 4.69) is 28.9 Å².